The van der Waals surface area contributed by atoms with Gasteiger partial charge in [0.25, 0.3) is 0 Å². The van der Waals surface area contributed by atoms with Gasteiger partial charge in [-0.1, -0.05) is 13.8 Å². The summed E-state index contributed by atoms with van der Waals surface area (Å²) in [6.45, 7) is 9.28. The predicted octanol–water partition coefficient (Wildman–Crippen LogP) is 2.54. The predicted molar refractivity (Wildman–Crippen MR) is 67.4 cm³/mol. The molecule has 0 aliphatic heterocycles. The van der Waals surface area contributed by atoms with Crippen molar-refractivity contribution < 1.29 is 19.4 Å². The highest BCUT2D eigenvalue weighted by molar-refractivity contribution is 5.73. The minimum absolute atomic E-state index is 0.0702. The highest BCUT2D eigenvalue weighted by Gasteiger charge is 2.55. The van der Waals surface area contributed by atoms with Crippen LogP contribution in [0.4, 0.5) is 4.79 Å². The number of aliphatic carboxylic acids is 1. The van der Waals surface area contributed by atoms with E-state index in [1.807, 2.05) is 13.8 Å². The first-order chi connectivity index (χ1) is 7.97. The molecule has 0 bridgehead atoms. The molecule has 1 amide bonds. The number of carboxylic acids is 1. The van der Waals surface area contributed by atoms with E-state index >= 15 is 0 Å². The lowest BCUT2D eigenvalue weighted by molar-refractivity contribution is -0.143. The number of nitrogens with one attached hydrogen (secondary N) is 1. The lowest BCUT2D eigenvalue weighted by Crippen LogP contribution is -2.66. The zero-order valence-electron chi connectivity index (χ0n) is 11.8. The molecule has 2 N–H and O–H groups in total. The third kappa shape index (κ3) is 3.15. The Bertz CT molecular complexity index is 356. The van der Waals surface area contributed by atoms with Crippen LogP contribution in [0.2, 0.25) is 0 Å². The Morgan fingerprint density at radius 2 is 1.83 bits per heavy atom. The van der Waals surface area contributed by atoms with E-state index in [2.05, 4.69) is 5.32 Å². The summed E-state index contributed by atoms with van der Waals surface area (Å²) >= 11 is 0. The quantitative estimate of drug-likeness (QED) is 0.814. The third-order valence-corrected chi connectivity index (χ3v) is 3.67. The Balaban J connectivity index is 2.76. The lowest BCUT2D eigenvalue weighted by Gasteiger charge is -2.55. The number of carbonyl (C=O) groups is 2. The summed E-state index contributed by atoms with van der Waals surface area (Å²) in [6.07, 6.45) is 0.956. The Morgan fingerprint density at radius 1 is 1.28 bits per heavy atom. The van der Waals surface area contributed by atoms with Gasteiger partial charge in [0.2, 0.25) is 0 Å². The molecule has 0 radical (unpaired) electrons. The number of alkyl carbamates (subject to hydrolysis) is 1. The molecule has 0 aromatic rings. The molecule has 18 heavy (non-hydrogen) atoms. The third-order valence-electron chi connectivity index (χ3n) is 3.67. The fraction of sp³-hybridized carbons (Fsp3) is 0.846. The van der Waals surface area contributed by atoms with E-state index in [4.69, 9.17) is 9.84 Å². The van der Waals surface area contributed by atoms with Gasteiger partial charge in [-0.2, -0.15) is 0 Å². The van der Waals surface area contributed by atoms with Crippen molar-refractivity contribution in [2.45, 2.75) is 65.0 Å². The van der Waals surface area contributed by atoms with Gasteiger partial charge < -0.3 is 15.2 Å². The first-order valence-corrected chi connectivity index (χ1v) is 6.20. The highest BCUT2D eigenvalue weighted by atomic mass is 16.6. The number of carboxylic acid groups (broad SMARTS) is 1. The smallest absolute Gasteiger partial charge is 0.408 e. The maximum absolute atomic E-state index is 11.8. The molecule has 5 heteroatoms. The Hall–Kier alpha value is -1.26. The van der Waals surface area contributed by atoms with Crippen LogP contribution in [0.3, 0.4) is 0 Å². The van der Waals surface area contributed by atoms with E-state index in [-0.39, 0.29) is 11.8 Å². The lowest BCUT2D eigenvalue weighted by atomic mass is 9.55. The summed E-state index contributed by atoms with van der Waals surface area (Å²) in [4.78, 5) is 22.8. The summed E-state index contributed by atoms with van der Waals surface area (Å²) in [5.41, 5.74) is -1.49. The molecule has 0 aromatic heterocycles. The normalized spacial score (nSPS) is 26.1. The second-order valence-corrected chi connectivity index (χ2v) is 6.66. The fourth-order valence-corrected chi connectivity index (χ4v) is 2.29. The Kier molecular flexibility index (Phi) is 3.65. The van der Waals surface area contributed by atoms with Crippen molar-refractivity contribution in [3.05, 3.63) is 0 Å². The molecule has 1 rings (SSSR count). The van der Waals surface area contributed by atoms with Crippen molar-refractivity contribution in [1.82, 2.24) is 5.32 Å². The minimum atomic E-state index is -0.904. The number of ether oxygens (including phenoxy) is 1. The average molecular weight is 257 g/mol. The van der Waals surface area contributed by atoms with Gasteiger partial charge in [0.05, 0.1) is 12.0 Å². The van der Waals surface area contributed by atoms with Crippen molar-refractivity contribution in [2.24, 2.45) is 5.41 Å². The Morgan fingerprint density at radius 3 is 2.11 bits per heavy atom. The molecule has 0 spiro atoms. The standard InChI is InChI=1S/C13H23NO4/c1-11(2,3)18-10(17)14-13(8-9(15)16)7-6-12(13,4)5/h6-8H2,1-5H3,(H,14,17)(H,15,16). The van der Waals surface area contributed by atoms with E-state index in [1.54, 1.807) is 20.8 Å². The first kappa shape index (κ1) is 14.8. The van der Waals surface area contributed by atoms with E-state index in [1.165, 1.54) is 0 Å². The van der Waals surface area contributed by atoms with Gasteiger partial charge in [0, 0.05) is 0 Å². The van der Waals surface area contributed by atoms with Gasteiger partial charge in [0.15, 0.2) is 0 Å². The van der Waals surface area contributed by atoms with Crippen molar-refractivity contribution in [2.75, 3.05) is 0 Å². The van der Waals surface area contributed by atoms with Gasteiger partial charge in [-0.3, -0.25) is 4.79 Å². The summed E-state index contributed by atoms with van der Waals surface area (Å²) in [7, 11) is 0. The van der Waals surface area contributed by atoms with Crippen LogP contribution in [0.1, 0.15) is 53.9 Å². The van der Waals surface area contributed by atoms with E-state index < -0.39 is 23.2 Å². The van der Waals surface area contributed by atoms with E-state index in [9.17, 15) is 9.59 Å². The molecule has 0 saturated heterocycles. The van der Waals surface area contributed by atoms with Crippen LogP contribution in [0.25, 0.3) is 0 Å². The maximum atomic E-state index is 11.8. The van der Waals surface area contributed by atoms with Crippen LogP contribution in [0.5, 0.6) is 0 Å². The number of hydrogen-bond donors (Lipinski definition) is 2. The number of carbonyl (C=O) groups excluding carboxylic acids is 1. The molecule has 1 unspecified atom stereocenters. The van der Waals surface area contributed by atoms with Crippen molar-refractivity contribution in [3.63, 3.8) is 0 Å². The fourth-order valence-electron chi connectivity index (χ4n) is 2.29. The highest BCUT2D eigenvalue weighted by Crippen LogP contribution is 2.51. The minimum Gasteiger partial charge on any atom is -0.481 e. The summed E-state index contributed by atoms with van der Waals surface area (Å²) < 4.78 is 5.20. The molecule has 0 heterocycles. The van der Waals surface area contributed by atoms with Crippen molar-refractivity contribution in [3.8, 4) is 0 Å². The second-order valence-electron chi connectivity index (χ2n) is 6.66. The van der Waals surface area contributed by atoms with Gasteiger partial charge in [-0.25, -0.2) is 4.79 Å². The van der Waals surface area contributed by atoms with Crippen LogP contribution in [-0.4, -0.2) is 28.3 Å². The average Bonchev–Trinajstić information content (AvgIpc) is 2.11. The molecule has 1 fully saturated rings. The molecular formula is C13H23NO4. The molecular weight excluding hydrogens is 234 g/mol. The molecule has 1 saturated carbocycles. The summed E-state index contributed by atoms with van der Waals surface area (Å²) in [6, 6.07) is 0. The molecule has 1 aliphatic carbocycles. The maximum Gasteiger partial charge on any atom is 0.408 e. The van der Waals surface area contributed by atoms with Gasteiger partial charge in [0.1, 0.15) is 5.60 Å². The number of hydrogen-bond acceptors (Lipinski definition) is 3. The SMILES string of the molecule is CC(C)(C)OC(=O)NC1(CC(=O)O)CCC1(C)C. The van der Waals surface area contributed by atoms with Gasteiger partial charge >= 0.3 is 12.1 Å². The van der Waals surface area contributed by atoms with Crippen LogP contribution in [-0.2, 0) is 9.53 Å². The first-order valence-electron chi connectivity index (χ1n) is 6.20. The molecule has 5 nitrogen and oxygen atoms in total. The van der Waals surface area contributed by atoms with Crippen molar-refractivity contribution in [1.29, 1.82) is 0 Å². The summed E-state index contributed by atoms with van der Waals surface area (Å²) in [5.74, 6) is -0.904. The van der Waals surface area contributed by atoms with E-state index in [0.717, 1.165) is 6.42 Å². The van der Waals surface area contributed by atoms with Crippen LogP contribution >= 0.6 is 0 Å². The van der Waals surface area contributed by atoms with Crippen LogP contribution in [0.15, 0.2) is 0 Å². The Labute approximate surface area is 108 Å². The topological polar surface area (TPSA) is 75.6 Å². The largest absolute Gasteiger partial charge is 0.481 e. The van der Waals surface area contributed by atoms with Gasteiger partial charge in [-0.05, 0) is 39.0 Å². The molecule has 1 aliphatic rings. The molecule has 0 aromatic carbocycles. The van der Waals surface area contributed by atoms with Crippen LogP contribution < -0.4 is 5.32 Å². The van der Waals surface area contributed by atoms with E-state index in [0.29, 0.717) is 6.42 Å². The van der Waals surface area contributed by atoms with Crippen LogP contribution in [0, 0.1) is 5.41 Å². The summed E-state index contributed by atoms with van der Waals surface area (Å²) in [5, 5.41) is 11.8. The zero-order valence-corrected chi connectivity index (χ0v) is 11.8. The molecule has 1 atom stereocenters. The van der Waals surface area contributed by atoms with Crippen molar-refractivity contribution >= 4 is 12.1 Å². The molecule has 104 valence electrons. The zero-order chi connectivity index (χ0) is 14.2. The number of rotatable bonds is 3. The number of amides is 1. The van der Waals surface area contributed by atoms with Gasteiger partial charge in [-0.15, -0.1) is 0 Å². The second kappa shape index (κ2) is 4.44. The monoisotopic (exact) mass is 257 g/mol.